The average molecular weight is 538 g/mol. The molecule has 0 unspecified atom stereocenters. The van der Waals surface area contributed by atoms with Gasteiger partial charge in [0, 0.05) is 48.6 Å². The summed E-state index contributed by atoms with van der Waals surface area (Å²) < 4.78 is 49.0. The van der Waals surface area contributed by atoms with Gasteiger partial charge in [0.25, 0.3) is 5.91 Å². The highest BCUT2D eigenvalue weighted by Crippen LogP contribution is 2.39. The van der Waals surface area contributed by atoms with E-state index in [0.717, 1.165) is 32.5 Å². The summed E-state index contributed by atoms with van der Waals surface area (Å²) in [5.74, 6) is 0.212. The van der Waals surface area contributed by atoms with E-state index < -0.39 is 11.9 Å². The van der Waals surface area contributed by atoms with Crippen LogP contribution in [0.5, 0.6) is 5.75 Å². The van der Waals surface area contributed by atoms with Crippen molar-refractivity contribution in [3.63, 3.8) is 0 Å². The Balaban J connectivity index is 1.29. The Bertz CT molecular complexity index is 1600. The molecule has 0 saturated heterocycles. The predicted molar refractivity (Wildman–Crippen MR) is 139 cm³/mol. The fraction of sp³-hybridized carbons (Fsp3) is 0.370. The van der Waals surface area contributed by atoms with Crippen molar-refractivity contribution in [3.05, 3.63) is 53.5 Å². The Morgan fingerprint density at radius 2 is 1.92 bits per heavy atom. The monoisotopic (exact) mass is 537 g/mol. The number of fused-ring (bicyclic) bond motifs is 2. The highest BCUT2D eigenvalue weighted by molar-refractivity contribution is 6.13. The number of benzene rings is 1. The van der Waals surface area contributed by atoms with Crippen LogP contribution in [0.2, 0.25) is 0 Å². The van der Waals surface area contributed by atoms with E-state index in [9.17, 15) is 18.0 Å². The minimum Gasteiger partial charge on any atom is -0.486 e. The number of aryl methyl sites for hydroxylation is 1. The second-order valence-electron chi connectivity index (χ2n) is 9.84. The SMILES string of the molecule is CCNc1cc2c(cn1)c(-c1ccc3c(c1)C(=O)N=C3)nn2C1CCC(Oc2cn(C)nc2C(F)(F)F)CC1. The molecular formula is C27H26F3N7O2. The van der Waals surface area contributed by atoms with Gasteiger partial charge in [0.15, 0.2) is 5.75 Å². The maximum atomic E-state index is 13.4. The number of nitrogens with one attached hydrogen (secondary N) is 1. The summed E-state index contributed by atoms with van der Waals surface area (Å²) in [6, 6.07) is 7.58. The molecule has 1 aliphatic carbocycles. The van der Waals surface area contributed by atoms with Crippen LogP contribution in [0.1, 0.15) is 60.3 Å². The number of ether oxygens (including phenoxy) is 1. The van der Waals surface area contributed by atoms with Crippen LogP contribution in [0.4, 0.5) is 19.0 Å². The second-order valence-corrected chi connectivity index (χ2v) is 9.84. The molecule has 202 valence electrons. The Hall–Kier alpha value is -4.22. The molecule has 0 bridgehead atoms. The fourth-order valence-electron chi connectivity index (χ4n) is 5.34. The normalized spacial score (nSPS) is 19.1. The van der Waals surface area contributed by atoms with Gasteiger partial charge < -0.3 is 10.1 Å². The number of aliphatic imine (C=N–C) groups is 1. The van der Waals surface area contributed by atoms with Gasteiger partial charge in [-0.1, -0.05) is 12.1 Å². The molecule has 4 aromatic rings. The van der Waals surface area contributed by atoms with E-state index in [-0.39, 0.29) is 23.8 Å². The molecule has 1 amide bonds. The van der Waals surface area contributed by atoms with Gasteiger partial charge in [-0.05, 0) is 38.7 Å². The third kappa shape index (κ3) is 4.64. The highest BCUT2D eigenvalue weighted by Gasteiger charge is 2.39. The smallest absolute Gasteiger partial charge is 0.438 e. The largest absolute Gasteiger partial charge is 0.486 e. The molecule has 0 spiro atoms. The molecule has 12 heteroatoms. The minimum atomic E-state index is -4.58. The van der Waals surface area contributed by atoms with Gasteiger partial charge in [-0.15, -0.1) is 0 Å². The van der Waals surface area contributed by atoms with Crippen molar-refractivity contribution in [2.45, 2.75) is 50.9 Å². The molecule has 1 aliphatic heterocycles. The van der Waals surface area contributed by atoms with Crippen LogP contribution in [0, 0.1) is 0 Å². The highest BCUT2D eigenvalue weighted by atomic mass is 19.4. The van der Waals surface area contributed by atoms with Gasteiger partial charge in [-0.25, -0.2) is 9.98 Å². The third-order valence-electron chi connectivity index (χ3n) is 7.17. The molecule has 6 rings (SSSR count). The first-order valence-corrected chi connectivity index (χ1v) is 12.8. The number of alkyl halides is 3. The number of carbonyl (C=O) groups excluding carboxylic acids is 1. The summed E-state index contributed by atoms with van der Waals surface area (Å²) in [7, 11) is 1.44. The van der Waals surface area contributed by atoms with E-state index >= 15 is 0 Å². The van der Waals surface area contributed by atoms with Gasteiger partial charge in [0.05, 0.1) is 29.4 Å². The van der Waals surface area contributed by atoms with Crippen LogP contribution in [-0.4, -0.2) is 49.3 Å². The zero-order valence-electron chi connectivity index (χ0n) is 21.4. The summed E-state index contributed by atoms with van der Waals surface area (Å²) in [6.45, 7) is 2.70. The lowest BCUT2D eigenvalue weighted by Crippen LogP contribution is -2.27. The van der Waals surface area contributed by atoms with Crippen molar-refractivity contribution in [2.75, 3.05) is 11.9 Å². The molecule has 9 nitrogen and oxygen atoms in total. The van der Waals surface area contributed by atoms with Crippen molar-refractivity contribution in [1.82, 2.24) is 24.5 Å². The number of aromatic nitrogens is 5. The molecule has 0 atom stereocenters. The van der Waals surface area contributed by atoms with Crippen molar-refractivity contribution in [1.29, 1.82) is 0 Å². The number of halogens is 3. The number of pyridine rings is 1. The van der Waals surface area contributed by atoms with Crippen LogP contribution in [0.15, 0.2) is 41.7 Å². The summed E-state index contributed by atoms with van der Waals surface area (Å²) in [5.41, 5.74) is 2.72. The van der Waals surface area contributed by atoms with Crippen LogP contribution in [0.3, 0.4) is 0 Å². The lowest BCUT2D eigenvalue weighted by atomic mass is 9.93. The molecule has 1 N–H and O–H groups in total. The molecule has 3 aromatic heterocycles. The second kappa shape index (κ2) is 9.51. The molecule has 1 fully saturated rings. The standard InChI is InChI=1S/C27H26F3N7O2/c1-3-31-23-11-21-20(13-32-23)24(15-4-5-16-12-33-26(38)19(16)10-15)34-37(21)17-6-8-18(9-7-17)39-22-14-36(2)35-25(22)27(28,29)30/h4-5,10-14,17-18H,3,6-9H2,1-2H3,(H,31,32). The van der Waals surface area contributed by atoms with Crippen LogP contribution in [0.25, 0.3) is 22.2 Å². The summed E-state index contributed by atoms with van der Waals surface area (Å²) in [6.07, 6.45) is 2.19. The fourth-order valence-corrected chi connectivity index (χ4v) is 5.34. The Labute approximate surface area is 221 Å². The van der Waals surface area contributed by atoms with Crippen molar-refractivity contribution in [3.8, 4) is 17.0 Å². The number of rotatable bonds is 6. The van der Waals surface area contributed by atoms with E-state index in [2.05, 4.69) is 20.4 Å². The topological polar surface area (TPSA) is 99.2 Å². The number of amides is 1. The van der Waals surface area contributed by atoms with Crippen LogP contribution in [-0.2, 0) is 13.2 Å². The van der Waals surface area contributed by atoms with Crippen molar-refractivity contribution < 1.29 is 22.7 Å². The number of hydrogen-bond donors (Lipinski definition) is 1. The lowest BCUT2D eigenvalue weighted by Gasteiger charge is -2.29. The van der Waals surface area contributed by atoms with Crippen molar-refractivity contribution in [2.24, 2.45) is 12.0 Å². The Morgan fingerprint density at radius 3 is 2.67 bits per heavy atom. The van der Waals surface area contributed by atoms with Gasteiger partial charge in [0.1, 0.15) is 11.5 Å². The molecule has 1 aromatic carbocycles. The molecule has 4 heterocycles. The molecule has 2 aliphatic rings. The van der Waals surface area contributed by atoms with Gasteiger partial charge in [-0.2, -0.15) is 23.4 Å². The minimum absolute atomic E-state index is 0.0216. The Morgan fingerprint density at radius 1 is 1.13 bits per heavy atom. The van der Waals surface area contributed by atoms with Gasteiger partial charge in [-0.3, -0.25) is 14.2 Å². The first kappa shape index (κ1) is 25.1. The van der Waals surface area contributed by atoms with Crippen LogP contribution >= 0.6 is 0 Å². The number of anilines is 1. The van der Waals surface area contributed by atoms with Gasteiger partial charge >= 0.3 is 6.18 Å². The van der Waals surface area contributed by atoms with E-state index in [1.165, 1.54) is 13.2 Å². The quantitative estimate of drug-likeness (QED) is 0.353. The van der Waals surface area contributed by atoms with Gasteiger partial charge in [0.2, 0.25) is 5.69 Å². The third-order valence-corrected chi connectivity index (χ3v) is 7.17. The lowest BCUT2D eigenvalue weighted by molar-refractivity contribution is -0.143. The maximum Gasteiger partial charge on any atom is 0.438 e. The van der Waals surface area contributed by atoms with E-state index in [1.54, 1.807) is 12.4 Å². The van der Waals surface area contributed by atoms with E-state index in [1.807, 2.05) is 35.9 Å². The van der Waals surface area contributed by atoms with E-state index in [0.29, 0.717) is 43.5 Å². The predicted octanol–water partition coefficient (Wildman–Crippen LogP) is 5.42. The van der Waals surface area contributed by atoms with Crippen LogP contribution < -0.4 is 10.1 Å². The van der Waals surface area contributed by atoms with E-state index in [4.69, 9.17) is 9.84 Å². The summed E-state index contributed by atoms with van der Waals surface area (Å²) in [4.78, 5) is 20.6. The number of hydrogen-bond acceptors (Lipinski definition) is 6. The average Bonchev–Trinajstić information content (AvgIpc) is 3.59. The molecule has 39 heavy (non-hydrogen) atoms. The summed E-state index contributed by atoms with van der Waals surface area (Å²) >= 11 is 0. The number of nitrogens with zero attached hydrogens (tertiary/aromatic N) is 6. The first-order chi connectivity index (χ1) is 18.7. The Kier molecular flexibility index (Phi) is 6.12. The zero-order valence-corrected chi connectivity index (χ0v) is 21.4. The first-order valence-electron chi connectivity index (χ1n) is 12.8. The number of carbonyl (C=O) groups is 1. The molecular weight excluding hydrogens is 511 g/mol. The maximum absolute atomic E-state index is 13.4. The zero-order chi connectivity index (χ0) is 27.3. The van der Waals surface area contributed by atoms with Crippen molar-refractivity contribution >= 4 is 28.8 Å². The molecule has 1 saturated carbocycles. The summed E-state index contributed by atoms with van der Waals surface area (Å²) in [5, 5.41) is 12.6. The molecule has 0 radical (unpaired) electrons.